The Morgan fingerprint density at radius 1 is 1.17 bits per heavy atom. The molecule has 1 rings (SSSR count). The number of rotatable bonds is 5. The summed E-state index contributed by atoms with van der Waals surface area (Å²) in [5.74, 6) is 0.218. The van der Waals surface area contributed by atoms with Crippen molar-refractivity contribution in [3.8, 4) is 0 Å². The molecule has 0 saturated heterocycles. The highest BCUT2D eigenvalue weighted by Gasteiger charge is 2.15. The molecule has 0 radical (unpaired) electrons. The van der Waals surface area contributed by atoms with Crippen LogP contribution in [-0.2, 0) is 16.0 Å². The highest BCUT2D eigenvalue weighted by Crippen LogP contribution is 2.15. The van der Waals surface area contributed by atoms with Gasteiger partial charge in [-0.05, 0) is 42.9 Å². The van der Waals surface area contributed by atoms with Crippen LogP contribution in [0.5, 0.6) is 0 Å². The number of hydrogen-bond acceptors (Lipinski definition) is 2. The highest BCUT2D eigenvalue weighted by molar-refractivity contribution is 5.72. The smallest absolute Gasteiger partial charge is 0.308 e. The van der Waals surface area contributed by atoms with Crippen LogP contribution in [0.4, 0.5) is 0 Å². The van der Waals surface area contributed by atoms with Gasteiger partial charge in [0.05, 0.1) is 12.5 Å². The second-order valence-electron chi connectivity index (χ2n) is 5.55. The Balaban J connectivity index is 2.55. The summed E-state index contributed by atoms with van der Waals surface area (Å²) in [6.07, 6.45) is 0.748. The Labute approximate surface area is 110 Å². The molecule has 1 aromatic carbocycles. The summed E-state index contributed by atoms with van der Waals surface area (Å²) >= 11 is 0. The van der Waals surface area contributed by atoms with Crippen molar-refractivity contribution >= 4 is 5.97 Å². The third-order valence-electron chi connectivity index (χ3n) is 3.07. The summed E-state index contributed by atoms with van der Waals surface area (Å²) in [5.41, 5.74) is 3.76. The van der Waals surface area contributed by atoms with Gasteiger partial charge in [-0.3, -0.25) is 4.79 Å². The van der Waals surface area contributed by atoms with Crippen LogP contribution in [-0.4, -0.2) is 12.6 Å². The molecule has 0 fully saturated rings. The molecule has 18 heavy (non-hydrogen) atoms. The molecule has 0 heterocycles. The zero-order valence-electron chi connectivity index (χ0n) is 12.1. The summed E-state index contributed by atoms with van der Waals surface area (Å²) in [6, 6.07) is 6.35. The molecule has 2 heteroatoms. The van der Waals surface area contributed by atoms with Crippen molar-refractivity contribution in [1.29, 1.82) is 0 Å². The van der Waals surface area contributed by atoms with Gasteiger partial charge in [-0.25, -0.2) is 0 Å². The molecule has 0 aromatic heterocycles. The molecule has 1 aromatic rings. The molecular formula is C16H24O2. The lowest BCUT2D eigenvalue weighted by atomic mass is 9.98. The lowest BCUT2D eigenvalue weighted by molar-refractivity contribution is -0.149. The van der Waals surface area contributed by atoms with E-state index in [-0.39, 0.29) is 11.9 Å². The quantitative estimate of drug-likeness (QED) is 0.743. The average Bonchev–Trinajstić information content (AvgIpc) is 2.30. The second-order valence-corrected chi connectivity index (χ2v) is 5.55. The molecule has 0 aliphatic rings. The molecule has 0 aliphatic heterocycles. The van der Waals surface area contributed by atoms with Crippen molar-refractivity contribution in [1.82, 2.24) is 0 Å². The summed E-state index contributed by atoms with van der Waals surface area (Å²) in [5, 5.41) is 0. The number of carbonyl (C=O) groups is 1. The Hall–Kier alpha value is -1.31. The van der Waals surface area contributed by atoms with E-state index in [0.717, 1.165) is 6.42 Å². The number of aryl methyl sites for hydroxylation is 2. The topological polar surface area (TPSA) is 26.3 Å². The Morgan fingerprint density at radius 3 is 2.39 bits per heavy atom. The zero-order valence-corrected chi connectivity index (χ0v) is 12.1. The first-order valence-corrected chi connectivity index (χ1v) is 6.63. The molecule has 0 bridgehead atoms. The van der Waals surface area contributed by atoms with Gasteiger partial charge in [0.15, 0.2) is 0 Å². The molecule has 0 amide bonds. The monoisotopic (exact) mass is 248 g/mol. The van der Waals surface area contributed by atoms with Crippen molar-refractivity contribution < 1.29 is 9.53 Å². The van der Waals surface area contributed by atoms with Gasteiger partial charge in [0.2, 0.25) is 0 Å². The molecule has 100 valence electrons. The van der Waals surface area contributed by atoms with Crippen molar-refractivity contribution in [2.45, 2.75) is 41.0 Å². The fourth-order valence-corrected chi connectivity index (χ4v) is 1.76. The van der Waals surface area contributed by atoms with E-state index in [9.17, 15) is 4.79 Å². The van der Waals surface area contributed by atoms with Gasteiger partial charge in [-0.15, -0.1) is 0 Å². The minimum Gasteiger partial charge on any atom is -0.465 e. The number of hydrogen-bond donors (Lipinski definition) is 0. The molecule has 1 unspecified atom stereocenters. The first kappa shape index (κ1) is 14.7. The Bertz CT molecular complexity index is 408. The van der Waals surface area contributed by atoms with E-state index in [2.05, 4.69) is 32.0 Å². The van der Waals surface area contributed by atoms with Gasteiger partial charge in [-0.1, -0.05) is 39.0 Å². The normalized spacial score (nSPS) is 12.6. The Morgan fingerprint density at radius 2 is 1.83 bits per heavy atom. The predicted molar refractivity (Wildman–Crippen MR) is 74.6 cm³/mol. The fraction of sp³-hybridized carbons (Fsp3) is 0.562. The first-order valence-electron chi connectivity index (χ1n) is 6.63. The third-order valence-corrected chi connectivity index (χ3v) is 3.07. The summed E-state index contributed by atoms with van der Waals surface area (Å²) in [6.45, 7) is 10.7. The van der Waals surface area contributed by atoms with E-state index in [1.165, 1.54) is 16.7 Å². The van der Waals surface area contributed by atoms with E-state index < -0.39 is 0 Å². The largest absolute Gasteiger partial charge is 0.465 e. The van der Waals surface area contributed by atoms with Crippen LogP contribution in [0.15, 0.2) is 18.2 Å². The highest BCUT2D eigenvalue weighted by atomic mass is 16.5. The van der Waals surface area contributed by atoms with E-state index in [1.807, 2.05) is 20.8 Å². The van der Waals surface area contributed by atoms with E-state index >= 15 is 0 Å². The second kappa shape index (κ2) is 6.58. The van der Waals surface area contributed by atoms with Gasteiger partial charge in [0, 0.05) is 0 Å². The lowest BCUT2D eigenvalue weighted by Crippen LogP contribution is -2.19. The minimum atomic E-state index is -0.0954. The minimum absolute atomic E-state index is 0.0779. The maximum absolute atomic E-state index is 11.8. The summed E-state index contributed by atoms with van der Waals surface area (Å²) < 4.78 is 5.25. The van der Waals surface area contributed by atoms with Gasteiger partial charge in [-0.2, -0.15) is 0 Å². The van der Waals surface area contributed by atoms with Crippen LogP contribution >= 0.6 is 0 Å². The lowest BCUT2D eigenvalue weighted by Gasteiger charge is -2.13. The van der Waals surface area contributed by atoms with Crippen LogP contribution < -0.4 is 0 Å². The molecule has 2 nitrogen and oxygen atoms in total. The van der Waals surface area contributed by atoms with Crippen molar-refractivity contribution in [3.63, 3.8) is 0 Å². The van der Waals surface area contributed by atoms with Crippen molar-refractivity contribution in [3.05, 3.63) is 34.9 Å². The van der Waals surface area contributed by atoms with E-state index in [1.54, 1.807) is 0 Å². The van der Waals surface area contributed by atoms with Crippen molar-refractivity contribution in [2.24, 2.45) is 11.8 Å². The molecule has 0 saturated carbocycles. The number of carbonyl (C=O) groups excluding carboxylic acids is 1. The average molecular weight is 248 g/mol. The van der Waals surface area contributed by atoms with Gasteiger partial charge >= 0.3 is 5.97 Å². The van der Waals surface area contributed by atoms with Crippen LogP contribution in [0.2, 0.25) is 0 Å². The predicted octanol–water partition coefficient (Wildman–Crippen LogP) is 3.68. The number of ether oxygens (including phenoxy) is 1. The number of esters is 1. The van der Waals surface area contributed by atoms with Gasteiger partial charge in [0.25, 0.3) is 0 Å². The molecule has 0 spiro atoms. The number of benzene rings is 1. The maximum atomic E-state index is 11.8. The third kappa shape index (κ3) is 4.52. The molecule has 0 N–H and O–H groups in total. The van der Waals surface area contributed by atoms with Gasteiger partial charge in [0.1, 0.15) is 0 Å². The standard InChI is InChI=1S/C16H24O2/c1-11(2)10-18-16(17)14(5)9-15-7-6-12(3)13(4)8-15/h6-8,11,14H,9-10H2,1-5H3. The summed E-state index contributed by atoms with van der Waals surface area (Å²) in [7, 11) is 0. The molecular weight excluding hydrogens is 224 g/mol. The SMILES string of the molecule is Cc1ccc(CC(C)C(=O)OCC(C)C)cc1C. The van der Waals surface area contributed by atoms with Crippen LogP contribution in [0.3, 0.4) is 0 Å². The van der Waals surface area contributed by atoms with Crippen LogP contribution in [0, 0.1) is 25.7 Å². The maximum Gasteiger partial charge on any atom is 0.308 e. The Kier molecular flexibility index (Phi) is 5.39. The molecule has 0 aliphatic carbocycles. The van der Waals surface area contributed by atoms with Crippen molar-refractivity contribution in [2.75, 3.05) is 6.61 Å². The summed E-state index contributed by atoms with van der Waals surface area (Å²) in [4.78, 5) is 11.8. The fourth-order valence-electron chi connectivity index (χ4n) is 1.76. The van der Waals surface area contributed by atoms with Gasteiger partial charge < -0.3 is 4.74 Å². The zero-order chi connectivity index (χ0) is 13.7. The van der Waals surface area contributed by atoms with E-state index in [0.29, 0.717) is 12.5 Å². The van der Waals surface area contributed by atoms with E-state index in [4.69, 9.17) is 4.74 Å². The molecule has 1 atom stereocenters. The van der Waals surface area contributed by atoms with Crippen LogP contribution in [0.25, 0.3) is 0 Å². The first-order chi connectivity index (χ1) is 8.40. The van der Waals surface area contributed by atoms with Crippen LogP contribution in [0.1, 0.15) is 37.5 Å².